The number of esters is 1. The molecule has 0 bridgehead atoms. The Morgan fingerprint density at radius 3 is 2.28 bits per heavy atom. The first-order chi connectivity index (χ1) is 18.5. The van der Waals surface area contributed by atoms with E-state index in [1.807, 2.05) is 6.92 Å². The van der Waals surface area contributed by atoms with E-state index < -0.39 is 27.8 Å². The second-order valence-corrected chi connectivity index (χ2v) is 10.6. The first-order valence-corrected chi connectivity index (χ1v) is 13.6. The highest BCUT2D eigenvalue weighted by Crippen LogP contribution is 2.32. The van der Waals surface area contributed by atoms with Crippen LogP contribution in [-0.2, 0) is 24.3 Å². The van der Waals surface area contributed by atoms with Gasteiger partial charge in [0.25, 0.3) is 21.8 Å². The Morgan fingerprint density at radius 2 is 1.64 bits per heavy atom. The molecule has 0 saturated heterocycles. The molecule has 0 spiro atoms. The molecule has 1 aliphatic heterocycles. The van der Waals surface area contributed by atoms with E-state index in [9.17, 15) is 22.8 Å². The van der Waals surface area contributed by atoms with Gasteiger partial charge in [-0.2, -0.15) is 0 Å². The Morgan fingerprint density at radius 1 is 1.00 bits per heavy atom. The van der Waals surface area contributed by atoms with Crippen LogP contribution in [0.25, 0.3) is 0 Å². The molecule has 0 atom stereocenters. The van der Waals surface area contributed by atoms with Gasteiger partial charge < -0.3 is 10.1 Å². The minimum absolute atomic E-state index is 0.0321. The molecule has 1 aromatic heterocycles. The van der Waals surface area contributed by atoms with Crippen LogP contribution in [0.5, 0.6) is 0 Å². The van der Waals surface area contributed by atoms with Gasteiger partial charge in [0.1, 0.15) is 10.7 Å². The summed E-state index contributed by atoms with van der Waals surface area (Å²) < 4.78 is 33.1. The van der Waals surface area contributed by atoms with E-state index in [1.165, 1.54) is 36.4 Å². The molecule has 13 heteroatoms. The van der Waals surface area contributed by atoms with Crippen LogP contribution in [0, 0.1) is 13.8 Å². The van der Waals surface area contributed by atoms with Gasteiger partial charge in [0, 0.05) is 17.1 Å². The average Bonchev–Trinajstić information content (AvgIpc) is 3.09. The van der Waals surface area contributed by atoms with Crippen molar-refractivity contribution in [3.63, 3.8) is 0 Å². The fourth-order valence-electron chi connectivity index (χ4n) is 3.76. The van der Waals surface area contributed by atoms with E-state index >= 15 is 0 Å². The lowest BCUT2D eigenvalue weighted by atomic mass is 10.1. The van der Waals surface area contributed by atoms with Gasteiger partial charge in [-0.05, 0) is 62.7 Å². The van der Waals surface area contributed by atoms with Gasteiger partial charge in [-0.1, -0.05) is 30.7 Å². The second kappa shape index (κ2) is 11.2. The number of sulfonamides is 1. The maximum absolute atomic E-state index is 13.2. The molecule has 0 radical (unpaired) electrons. The third kappa shape index (κ3) is 5.91. The number of nitrogens with zero attached hydrogens (tertiary/aromatic N) is 3. The molecule has 2 heterocycles. The van der Waals surface area contributed by atoms with E-state index in [1.54, 1.807) is 32.0 Å². The zero-order chi connectivity index (χ0) is 28.3. The van der Waals surface area contributed by atoms with E-state index in [-0.39, 0.29) is 39.4 Å². The standard InChI is InChI=1S/C26H24ClN5O6S/c1-4-13-38-25(35)19-7-5-6-8-20(19)32-23(33)21(27)22(24(32)34)30-17-9-11-18(12-10-17)39(36,37)31-26-28-15(2)14-16(3)29-26/h5-12,14,30H,4,13H2,1-3H3,(H,28,29,31). The molecule has 202 valence electrons. The molecule has 2 aromatic carbocycles. The molecule has 3 aromatic rings. The van der Waals surface area contributed by atoms with Gasteiger partial charge >= 0.3 is 5.97 Å². The monoisotopic (exact) mass is 569 g/mol. The predicted octanol–water partition coefficient (Wildman–Crippen LogP) is 3.90. The summed E-state index contributed by atoms with van der Waals surface area (Å²) in [5.41, 5.74) is 1.35. The summed E-state index contributed by atoms with van der Waals surface area (Å²) in [7, 11) is -4.00. The molecule has 4 rings (SSSR count). The smallest absolute Gasteiger partial charge is 0.340 e. The van der Waals surface area contributed by atoms with Crippen molar-refractivity contribution in [1.82, 2.24) is 9.97 Å². The molecular formula is C26H24ClN5O6S. The summed E-state index contributed by atoms with van der Waals surface area (Å²) >= 11 is 6.22. The van der Waals surface area contributed by atoms with Crippen LogP contribution < -0.4 is 14.9 Å². The number of nitrogens with one attached hydrogen (secondary N) is 2. The number of ether oxygens (including phenoxy) is 1. The predicted molar refractivity (Wildman–Crippen MR) is 145 cm³/mol. The molecule has 0 unspecified atom stereocenters. The van der Waals surface area contributed by atoms with Crippen LogP contribution >= 0.6 is 11.6 Å². The Labute approximate surface area is 229 Å². The number of hydrogen-bond donors (Lipinski definition) is 2. The largest absolute Gasteiger partial charge is 0.462 e. The Bertz CT molecular complexity index is 1590. The summed E-state index contributed by atoms with van der Waals surface area (Å²) in [5.74, 6) is -2.34. The van der Waals surface area contributed by atoms with Crippen molar-refractivity contribution < 1.29 is 27.5 Å². The van der Waals surface area contributed by atoms with Crippen molar-refractivity contribution in [1.29, 1.82) is 0 Å². The van der Waals surface area contributed by atoms with E-state index in [2.05, 4.69) is 20.0 Å². The molecule has 2 N–H and O–H groups in total. The number of benzene rings is 2. The highest BCUT2D eigenvalue weighted by atomic mass is 35.5. The first-order valence-electron chi connectivity index (χ1n) is 11.8. The van der Waals surface area contributed by atoms with Crippen molar-refractivity contribution in [3.8, 4) is 0 Å². The Balaban J connectivity index is 1.54. The number of carbonyl (C=O) groups is 3. The number of carbonyl (C=O) groups excluding carboxylic acids is 3. The summed E-state index contributed by atoms with van der Waals surface area (Å²) in [6.07, 6.45) is 0.604. The fourth-order valence-corrected chi connectivity index (χ4v) is 4.91. The SMILES string of the molecule is CCCOC(=O)c1ccccc1N1C(=O)C(Cl)=C(Nc2ccc(S(=O)(=O)Nc3nc(C)cc(C)n3)cc2)C1=O. The quantitative estimate of drug-likeness (QED) is 0.289. The fraction of sp³-hybridized carbons (Fsp3) is 0.192. The number of aryl methyl sites for hydroxylation is 2. The van der Waals surface area contributed by atoms with Crippen molar-refractivity contribution in [3.05, 3.63) is 82.3 Å². The lowest BCUT2D eigenvalue weighted by Crippen LogP contribution is -2.33. The van der Waals surface area contributed by atoms with E-state index in [0.29, 0.717) is 23.5 Å². The molecule has 2 amide bonds. The number of imide groups is 1. The molecule has 1 aliphatic rings. The Kier molecular flexibility index (Phi) is 7.98. The maximum Gasteiger partial charge on any atom is 0.340 e. The summed E-state index contributed by atoms with van der Waals surface area (Å²) in [6, 6.07) is 13.2. The zero-order valence-corrected chi connectivity index (χ0v) is 22.8. The van der Waals surface area contributed by atoms with Crippen LogP contribution in [0.2, 0.25) is 0 Å². The molecule has 0 fully saturated rings. The summed E-state index contributed by atoms with van der Waals surface area (Å²) in [5, 5.41) is 2.39. The van der Waals surface area contributed by atoms with Crippen LogP contribution in [-0.4, -0.2) is 42.8 Å². The van der Waals surface area contributed by atoms with Crippen molar-refractivity contribution in [2.75, 3.05) is 21.5 Å². The molecule has 0 aliphatic carbocycles. The van der Waals surface area contributed by atoms with Gasteiger partial charge in [-0.15, -0.1) is 0 Å². The average molecular weight is 570 g/mol. The number of amides is 2. The lowest BCUT2D eigenvalue weighted by Gasteiger charge is -2.18. The maximum atomic E-state index is 13.2. The third-order valence-corrected chi connectivity index (χ3v) is 7.17. The first kappa shape index (κ1) is 27.7. The molecule has 39 heavy (non-hydrogen) atoms. The van der Waals surface area contributed by atoms with Crippen molar-refractivity contribution >= 4 is 56.7 Å². The lowest BCUT2D eigenvalue weighted by molar-refractivity contribution is -0.120. The van der Waals surface area contributed by atoms with E-state index in [4.69, 9.17) is 16.3 Å². The number of hydrogen-bond acceptors (Lipinski definition) is 9. The number of halogens is 1. The van der Waals surface area contributed by atoms with Gasteiger partial charge in [0.15, 0.2) is 0 Å². The van der Waals surface area contributed by atoms with Gasteiger partial charge in [-0.25, -0.2) is 32.8 Å². The number of aromatic nitrogens is 2. The highest BCUT2D eigenvalue weighted by molar-refractivity contribution is 7.92. The second-order valence-electron chi connectivity index (χ2n) is 8.52. The van der Waals surface area contributed by atoms with Crippen molar-refractivity contribution in [2.45, 2.75) is 32.1 Å². The minimum atomic E-state index is -4.00. The highest BCUT2D eigenvalue weighted by Gasteiger charge is 2.40. The van der Waals surface area contributed by atoms with Crippen LogP contribution in [0.3, 0.4) is 0 Å². The van der Waals surface area contributed by atoms with Gasteiger partial charge in [0.2, 0.25) is 5.95 Å². The number of anilines is 3. The van der Waals surface area contributed by atoms with Crippen LogP contribution in [0.15, 0.2) is 70.2 Å². The van der Waals surface area contributed by atoms with Crippen molar-refractivity contribution in [2.24, 2.45) is 0 Å². The van der Waals surface area contributed by atoms with E-state index in [0.717, 1.165) is 4.90 Å². The summed E-state index contributed by atoms with van der Waals surface area (Å²) in [4.78, 5) is 47.6. The number of para-hydroxylation sites is 1. The molecular weight excluding hydrogens is 546 g/mol. The summed E-state index contributed by atoms with van der Waals surface area (Å²) in [6.45, 7) is 5.46. The molecule has 0 saturated carbocycles. The minimum Gasteiger partial charge on any atom is -0.462 e. The van der Waals surface area contributed by atoms with Crippen LogP contribution in [0.1, 0.15) is 35.1 Å². The normalized spacial score (nSPS) is 13.6. The van der Waals surface area contributed by atoms with Gasteiger partial charge in [-0.3, -0.25) is 9.59 Å². The third-order valence-electron chi connectivity index (χ3n) is 5.47. The van der Waals surface area contributed by atoms with Gasteiger partial charge in [0.05, 0.1) is 22.8 Å². The Hall–Kier alpha value is -4.29. The zero-order valence-electron chi connectivity index (χ0n) is 21.2. The van der Waals surface area contributed by atoms with Crippen LogP contribution in [0.4, 0.5) is 17.3 Å². The molecule has 11 nitrogen and oxygen atoms in total. The topological polar surface area (TPSA) is 148 Å². The number of rotatable bonds is 9.